The first-order chi connectivity index (χ1) is 21.3. The molecule has 9 rings (SSSR count). The maximum atomic E-state index is 4.95. The fraction of sp³-hybridized carbons (Fsp3) is 0. The minimum absolute atomic E-state index is 0.666. The predicted molar refractivity (Wildman–Crippen MR) is 182 cm³/mol. The summed E-state index contributed by atoms with van der Waals surface area (Å²) >= 11 is 1.88. The van der Waals surface area contributed by atoms with Crippen LogP contribution in [0, 0.1) is 0 Å². The molecule has 4 heteroatoms. The van der Waals surface area contributed by atoms with Crippen LogP contribution in [0.25, 0.3) is 86.7 Å². The molecule has 43 heavy (non-hydrogen) atoms. The van der Waals surface area contributed by atoms with Crippen molar-refractivity contribution in [3.8, 4) is 34.2 Å². The van der Waals surface area contributed by atoms with E-state index in [2.05, 4.69) is 78.9 Å². The normalized spacial score (nSPS) is 11.7. The second-order valence-corrected chi connectivity index (χ2v) is 11.9. The monoisotopic (exact) mass is 565 g/mol. The van der Waals surface area contributed by atoms with Crippen LogP contribution >= 0.6 is 11.3 Å². The van der Waals surface area contributed by atoms with Crippen molar-refractivity contribution in [1.82, 2.24) is 15.0 Å². The Morgan fingerprint density at radius 3 is 1.65 bits per heavy atom. The molecule has 0 saturated carbocycles. The molecule has 0 unspecified atom stereocenters. The quantitative estimate of drug-likeness (QED) is 0.200. The van der Waals surface area contributed by atoms with Gasteiger partial charge in [0.1, 0.15) is 0 Å². The molecule has 0 amide bonds. The molecule has 0 aliphatic carbocycles. The van der Waals surface area contributed by atoms with Crippen LogP contribution in [0.5, 0.6) is 0 Å². The third-order valence-corrected chi connectivity index (χ3v) is 9.51. The number of aromatic nitrogens is 3. The van der Waals surface area contributed by atoms with Crippen molar-refractivity contribution in [2.75, 3.05) is 0 Å². The fourth-order valence-electron chi connectivity index (χ4n) is 6.23. The molecule has 9 aromatic rings. The summed E-state index contributed by atoms with van der Waals surface area (Å²) in [5.74, 6) is 2.00. The number of hydrogen-bond acceptors (Lipinski definition) is 4. The molecule has 3 nitrogen and oxygen atoms in total. The Bertz CT molecular complexity index is 2440. The van der Waals surface area contributed by atoms with E-state index in [1.807, 2.05) is 72.0 Å². The largest absolute Gasteiger partial charge is 0.208 e. The van der Waals surface area contributed by atoms with Gasteiger partial charge < -0.3 is 0 Å². The van der Waals surface area contributed by atoms with Gasteiger partial charge in [-0.25, -0.2) is 15.0 Å². The van der Waals surface area contributed by atoms with Crippen LogP contribution in [0.3, 0.4) is 0 Å². The van der Waals surface area contributed by atoms with E-state index in [9.17, 15) is 0 Å². The number of fused-ring (bicyclic) bond motifs is 9. The Hall–Kier alpha value is -5.45. The van der Waals surface area contributed by atoms with E-state index in [0.29, 0.717) is 17.5 Å². The van der Waals surface area contributed by atoms with Crippen LogP contribution in [0.1, 0.15) is 0 Å². The minimum Gasteiger partial charge on any atom is -0.208 e. The van der Waals surface area contributed by atoms with E-state index in [1.165, 1.54) is 47.1 Å². The third kappa shape index (κ3) is 3.92. The SMILES string of the molecule is c1ccc(-c2nc(-c3ccccc3)nc(-c3ccc4c(ccc5ccc6c(ccc7c8ccccc8sc76)c54)c3)n2)cc1. The third-order valence-electron chi connectivity index (χ3n) is 8.29. The molecule has 2 aromatic heterocycles. The smallest absolute Gasteiger partial charge is 0.164 e. The molecule has 0 saturated heterocycles. The summed E-state index contributed by atoms with van der Waals surface area (Å²) in [6, 6.07) is 49.1. The Morgan fingerprint density at radius 2 is 0.907 bits per heavy atom. The van der Waals surface area contributed by atoms with Crippen molar-refractivity contribution < 1.29 is 0 Å². The zero-order valence-electron chi connectivity index (χ0n) is 23.0. The van der Waals surface area contributed by atoms with E-state index >= 15 is 0 Å². The second-order valence-electron chi connectivity index (χ2n) is 10.8. The van der Waals surface area contributed by atoms with Crippen LogP contribution in [-0.2, 0) is 0 Å². The summed E-state index contributed by atoms with van der Waals surface area (Å²) in [7, 11) is 0. The molecular weight excluding hydrogens is 543 g/mol. The van der Waals surface area contributed by atoms with Gasteiger partial charge in [-0.15, -0.1) is 11.3 Å². The summed E-state index contributed by atoms with van der Waals surface area (Å²) in [6.45, 7) is 0. The molecule has 7 aromatic carbocycles. The zero-order valence-corrected chi connectivity index (χ0v) is 23.8. The predicted octanol–water partition coefficient (Wildman–Crippen LogP) is 10.7. The lowest BCUT2D eigenvalue weighted by atomic mass is 9.94. The number of nitrogens with zero attached hydrogens (tertiary/aromatic N) is 3. The van der Waals surface area contributed by atoms with Crippen LogP contribution in [0.15, 0.2) is 140 Å². The summed E-state index contributed by atoms with van der Waals surface area (Å²) in [5.41, 5.74) is 2.90. The van der Waals surface area contributed by atoms with E-state index < -0.39 is 0 Å². The molecule has 0 atom stereocenters. The highest BCUT2D eigenvalue weighted by molar-refractivity contribution is 7.26. The van der Waals surface area contributed by atoms with Gasteiger partial charge in [-0.1, -0.05) is 127 Å². The summed E-state index contributed by atoms with van der Waals surface area (Å²) < 4.78 is 2.68. The van der Waals surface area contributed by atoms with Crippen molar-refractivity contribution in [1.29, 1.82) is 0 Å². The highest BCUT2D eigenvalue weighted by Gasteiger charge is 2.15. The average Bonchev–Trinajstić information content (AvgIpc) is 3.47. The molecule has 200 valence electrons. The molecular formula is C39H23N3S. The van der Waals surface area contributed by atoms with Crippen molar-refractivity contribution in [3.05, 3.63) is 140 Å². The van der Waals surface area contributed by atoms with Crippen LogP contribution < -0.4 is 0 Å². The Labute approximate surface area is 251 Å². The molecule has 0 spiro atoms. The molecule has 0 N–H and O–H groups in total. The molecule has 0 aliphatic rings. The topological polar surface area (TPSA) is 38.7 Å². The lowest BCUT2D eigenvalue weighted by molar-refractivity contribution is 1.07. The number of hydrogen-bond donors (Lipinski definition) is 0. The molecule has 0 bridgehead atoms. The van der Waals surface area contributed by atoms with Crippen LogP contribution in [0.4, 0.5) is 0 Å². The van der Waals surface area contributed by atoms with E-state index in [-0.39, 0.29) is 0 Å². The van der Waals surface area contributed by atoms with E-state index in [1.54, 1.807) is 0 Å². The lowest BCUT2D eigenvalue weighted by Crippen LogP contribution is -2.00. The van der Waals surface area contributed by atoms with Gasteiger partial charge in [0.15, 0.2) is 17.5 Å². The van der Waals surface area contributed by atoms with Crippen molar-refractivity contribution in [3.63, 3.8) is 0 Å². The summed E-state index contributed by atoms with van der Waals surface area (Å²) in [4.78, 5) is 14.8. The molecule has 0 radical (unpaired) electrons. The maximum absolute atomic E-state index is 4.95. The maximum Gasteiger partial charge on any atom is 0.164 e. The number of thiophene rings is 1. The fourth-order valence-corrected chi connectivity index (χ4v) is 7.46. The standard InChI is InChI=1S/C39H23N3S/c1-3-9-25(10-4-1)37-40-38(26-11-5-2-6-12-26)42-39(41-37)28-18-19-29-27(23-28)16-15-24-17-20-33-31(35(24)29)21-22-32-30-13-7-8-14-34(30)43-36(32)33/h1-23H. The lowest BCUT2D eigenvalue weighted by Gasteiger charge is -2.11. The van der Waals surface area contributed by atoms with E-state index in [0.717, 1.165) is 22.1 Å². The Morgan fingerprint density at radius 1 is 0.372 bits per heavy atom. The zero-order chi connectivity index (χ0) is 28.3. The van der Waals surface area contributed by atoms with Gasteiger partial charge in [-0.05, 0) is 39.1 Å². The van der Waals surface area contributed by atoms with Crippen LogP contribution in [0.2, 0.25) is 0 Å². The highest BCUT2D eigenvalue weighted by atomic mass is 32.1. The van der Waals surface area contributed by atoms with Gasteiger partial charge >= 0.3 is 0 Å². The van der Waals surface area contributed by atoms with Gasteiger partial charge in [0.2, 0.25) is 0 Å². The Balaban J connectivity index is 1.26. The van der Waals surface area contributed by atoms with Crippen molar-refractivity contribution in [2.24, 2.45) is 0 Å². The minimum atomic E-state index is 0.666. The second kappa shape index (κ2) is 9.55. The summed E-state index contributed by atoms with van der Waals surface area (Å²) in [6.07, 6.45) is 0. The van der Waals surface area contributed by atoms with Crippen molar-refractivity contribution in [2.45, 2.75) is 0 Å². The first kappa shape index (κ1) is 24.2. The molecule has 2 heterocycles. The first-order valence-corrected chi connectivity index (χ1v) is 15.2. The van der Waals surface area contributed by atoms with Gasteiger partial charge in [0, 0.05) is 42.2 Å². The molecule has 0 aliphatic heterocycles. The Kier molecular flexibility index (Phi) is 5.37. The van der Waals surface area contributed by atoms with E-state index in [4.69, 9.17) is 15.0 Å². The first-order valence-electron chi connectivity index (χ1n) is 14.4. The van der Waals surface area contributed by atoms with Crippen LogP contribution in [-0.4, -0.2) is 15.0 Å². The summed E-state index contributed by atoms with van der Waals surface area (Å²) in [5, 5.41) is 10.2. The van der Waals surface area contributed by atoms with Gasteiger partial charge in [-0.3, -0.25) is 0 Å². The van der Waals surface area contributed by atoms with Crippen molar-refractivity contribution >= 4 is 63.8 Å². The number of benzene rings is 7. The van der Waals surface area contributed by atoms with Gasteiger partial charge in [-0.2, -0.15) is 0 Å². The average molecular weight is 566 g/mol. The van der Waals surface area contributed by atoms with Gasteiger partial charge in [0.05, 0.1) is 0 Å². The number of rotatable bonds is 3. The van der Waals surface area contributed by atoms with Gasteiger partial charge in [0.25, 0.3) is 0 Å². The molecule has 0 fully saturated rings. The highest BCUT2D eigenvalue weighted by Crippen LogP contribution is 2.42.